The standard InChI is InChI=1S/C16H31N.C13H27N.C12H24N.2C11H21N.2C9H18N2.C9H18O2.C9H18O.C9H18S/c1-12(2)14(5,6)17-11-10-16(12,9)13(3,4)15(17,7)8;1-10(2)11(3,4)13(7,8)14(9)12(10,5)6;1-9-10(2,3)11(4,5)12(6,7)13(9)8;2*1-8-9(2,3)10(4,5)11(6,7)12-8;2*1-7-10-8(2,3)9(4,5)11(7)6;1-7(2)8(3,4)11-9(5,6)10-7;2*1-7(2)8(3,4)10-9(7,5)6/h10-11H2,1-9H3;1-9H3;1-8H3;2*1-7H3;3*1-6H3;2*1-6H3/q;;+1;;;;;;;. The molecule has 12 aliphatic heterocycles. The highest BCUT2D eigenvalue weighted by molar-refractivity contribution is 8.03. The monoisotopic (exact) mass is 1720 g/mol. The van der Waals surface area contributed by atoms with Crippen LogP contribution in [-0.4, -0.2) is 186 Å². The van der Waals surface area contributed by atoms with Crippen LogP contribution in [0, 0.1) is 70.4 Å². The third-order valence-corrected chi connectivity index (χ3v) is 46.6. The van der Waals surface area contributed by atoms with Crippen molar-refractivity contribution < 1.29 is 18.8 Å². The van der Waals surface area contributed by atoms with E-state index in [2.05, 4.69) is 517 Å². The summed E-state index contributed by atoms with van der Waals surface area (Å²) in [6.07, 6.45) is 1.33. The molecular formula is C108H214N9O3S+. The van der Waals surface area contributed by atoms with Gasteiger partial charge in [0.15, 0.2) is 17.0 Å². The molecule has 12 aliphatic rings. The van der Waals surface area contributed by atoms with E-state index in [1.807, 2.05) is 13.8 Å². The average Bonchev–Trinajstić information content (AvgIpc) is 1.66. The first-order chi connectivity index (χ1) is 51.7. The number of aliphatic imine (C=N–C) groups is 4. The van der Waals surface area contributed by atoms with Gasteiger partial charge in [0.2, 0.25) is 0 Å². The fourth-order valence-corrected chi connectivity index (χ4v) is 24.0. The first-order valence-electron chi connectivity index (χ1n) is 47.4. The number of nitrogens with zero attached hydrogens (tertiary/aromatic N) is 9. The Morgan fingerprint density at radius 2 is 0.554 bits per heavy atom. The molecule has 12 rings (SSSR count). The van der Waals surface area contributed by atoms with Gasteiger partial charge in [-0.1, -0.05) is 187 Å². The smallest absolute Gasteiger partial charge is 0.164 e. The number of likely N-dealkylation sites (tertiary alicyclic amines) is 1. The summed E-state index contributed by atoms with van der Waals surface area (Å²) < 4.78 is 20.6. The van der Waals surface area contributed by atoms with Crippen LogP contribution in [0.15, 0.2) is 20.0 Å². The van der Waals surface area contributed by atoms with Crippen molar-refractivity contribution in [2.75, 3.05) is 34.7 Å². The molecule has 0 aromatic carbocycles. The lowest BCUT2D eigenvalue weighted by molar-refractivity contribution is -0.581. The number of hydrogen-bond acceptors (Lipinski definition) is 12. The molecule has 121 heavy (non-hydrogen) atoms. The fraction of sp³-hybridized carbons (Fsp3) is 0.954. The van der Waals surface area contributed by atoms with E-state index in [1.165, 1.54) is 30.1 Å². The number of fused-ring (bicyclic) bond motifs is 3. The van der Waals surface area contributed by atoms with Crippen molar-refractivity contribution in [3.05, 3.63) is 0 Å². The van der Waals surface area contributed by atoms with E-state index in [4.69, 9.17) is 24.2 Å². The van der Waals surface area contributed by atoms with Gasteiger partial charge >= 0.3 is 0 Å². The lowest BCUT2D eigenvalue weighted by atomic mass is 9.37. The van der Waals surface area contributed by atoms with Gasteiger partial charge in [0.1, 0.15) is 7.05 Å². The lowest BCUT2D eigenvalue weighted by Gasteiger charge is -2.79. The number of likely N-dealkylation sites (N-methyl/N-ethyl adjacent to an activating group) is 2. The number of rotatable bonds is 0. The summed E-state index contributed by atoms with van der Waals surface area (Å²) in [5.41, 5.74) is 9.74. The Balaban J connectivity index is 0.000000457. The molecule has 0 amide bonds. The van der Waals surface area contributed by atoms with Crippen molar-refractivity contribution in [3.8, 4) is 0 Å². The van der Waals surface area contributed by atoms with E-state index in [0.29, 0.717) is 58.2 Å². The Bertz CT molecular complexity index is 3580. The van der Waals surface area contributed by atoms with Gasteiger partial charge in [-0.25, -0.2) is 4.58 Å². The Morgan fingerprint density at radius 3 is 0.645 bits per heavy atom. The van der Waals surface area contributed by atoms with Gasteiger partial charge in [-0.05, 0) is 313 Å². The Morgan fingerprint density at radius 1 is 0.281 bits per heavy atom. The molecular weight excluding hydrogens is 1500 g/mol. The van der Waals surface area contributed by atoms with Crippen molar-refractivity contribution in [1.82, 2.24) is 19.6 Å². The molecule has 0 unspecified atom stereocenters. The zero-order valence-corrected chi connectivity index (χ0v) is 95.9. The summed E-state index contributed by atoms with van der Waals surface area (Å²) in [5, 5.41) is 0. The summed E-state index contributed by atoms with van der Waals surface area (Å²) in [6, 6.07) is 0. The summed E-state index contributed by atoms with van der Waals surface area (Å²) in [6.45, 7) is 152. The second-order valence-corrected chi connectivity index (χ2v) is 57.5. The number of amidine groups is 2. The molecule has 2 bridgehead atoms. The second-order valence-electron chi connectivity index (χ2n) is 55.3. The van der Waals surface area contributed by atoms with E-state index >= 15 is 0 Å². The molecule has 0 aromatic rings. The van der Waals surface area contributed by atoms with Crippen LogP contribution in [0.2, 0.25) is 0 Å². The van der Waals surface area contributed by atoms with Gasteiger partial charge < -0.3 is 24.0 Å². The van der Waals surface area contributed by atoms with Gasteiger partial charge in [0.25, 0.3) is 0 Å². The first kappa shape index (κ1) is 115. The first-order valence-corrected chi connectivity index (χ1v) is 48.2. The summed E-state index contributed by atoms with van der Waals surface area (Å²) in [4.78, 5) is 28.5. The normalized spacial score (nSPS) is 32.6. The molecule has 13 heteroatoms. The number of ether oxygens (including phenoxy) is 3. The van der Waals surface area contributed by atoms with Crippen molar-refractivity contribution in [1.29, 1.82) is 0 Å². The third kappa shape index (κ3) is 17.7. The summed E-state index contributed by atoms with van der Waals surface area (Å²) in [5.74, 6) is 1.84. The minimum absolute atomic E-state index is 0.0475. The van der Waals surface area contributed by atoms with Crippen LogP contribution in [0.1, 0.15) is 463 Å². The van der Waals surface area contributed by atoms with E-state index < -0.39 is 5.79 Å². The van der Waals surface area contributed by atoms with Crippen LogP contribution in [0.3, 0.4) is 0 Å². The van der Waals surface area contributed by atoms with Gasteiger partial charge in [-0.3, -0.25) is 29.8 Å². The van der Waals surface area contributed by atoms with Crippen molar-refractivity contribution in [2.24, 2.45) is 90.4 Å². The Kier molecular flexibility index (Phi) is 30.7. The minimum Gasteiger partial charge on any atom is -0.368 e. The maximum Gasteiger partial charge on any atom is 0.164 e. The van der Waals surface area contributed by atoms with Gasteiger partial charge in [0.05, 0.1) is 72.7 Å². The van der Waals surface area contributed by atoms with E-state index in [-0.39, 0.29) is 105 Å². The molecule has 12 heterocycles. The molecule has 0 aromatic heterocycles. The lowest BCUT2D eigenvalue weighted by Crippen LogP contribution is -2.82. The molecule has 7 fully saturated rings. The predicted molar refractivity (Wildman–Crippen MR) is 542 cm³/mol. The largest absolute Gasteiger partial charge is 0.368 e. The van der Waals surface area contributed by atoms with Crippen LogP contribution in [0.5, 0.6) is 0 Å². The van der Waals surface area contributed by atoms with Crippen LogP contribution < -0.4 is 0 Å². The molecule has 0 aliphatic carbocycles. The van der Waals surface area contributed by atoms with Gasteiger partial charge in [0, 0.05) is 99.6 Å². The molecule has 0 atom stereocenters. The SMILES string of the molecule is CC1(C)N2CCC(C)(C1(C)C)C(C)(C)C2(C)C.CC1(C)OC(C)(C)C(C)(C)O1.CC1(C)OC(C)(C)C1(C)C.CC1(C)SC(C)(C)C1(C)C.CC1=NC(C)(C)C(C)(C)C1(C)C.CC1=NC(C)(C)C(C)(C)C1(C)C.CC1=NC(C)(C)C(C)(C)N1C.CC1=NC(C)(C)C(C)(C)N1C.CC1=[N+](C)C(C)(C)C(C)(C)C1(C)C.CN1C(C)(C)C(C)(C)C(C)(C)C1(C)C. The Labute approximate surface area is 761 Å². The van der Waals surface area contributed by atoms with Crippen LogP contribution in [0.4, 0.5) is 0 Å². The summed E-state index contributed by atoms with van der Waals surface area (Å²) >= 11 is 2.09. The zero-order chi connectivity index (χ0) is 98.3. The number of hydrogen-bond donors (Lipinski definition) is 0. The van der Waals surface area contributed by atoms with Gasteiger partial charge in [-0.15, -0.1) is 11.8 Å². The maximum absolute atomic E-state index is 5.73. The average molecular weight is 1720 g/mol. The topological polar surface area (TPSA) is 93.1 Å². The van der Waals surface area contributed by atoms with E-state index in [9.17, 15) is 0 Å². The molecule has 12 nitrogen and oxygen atoms in total. The highest BCUT2D eigenvalue weighted by Gasteiger charge is 2.73. The van der Waals surface area contributed by atoms with Gasteiger partial charge in [-0.2, -0.15) is 0 Å². The zero-order valence-electron chi connectivity index (χ0n) is 95.1. The molecule has 0 N–H and O–H groups in total. The second kappa shape index (κ2) is 32.2. The highest BCUT2D eigenvalue weighted by atomic mass is 32.2. The minimum atomic E-state index is -0.438. The third-order valence-electron chi connectivity index (χ3n) is 44.5. The van der Waals surface area contributed by atoms with Crippen LogP contribution in [0.25, 0.3) is 0 Å². The molecule has 714 valence electrons. The fourth-order valence-electron chi connectivity index (χ4n) is 21.9. The van der Waals surface area contributed by atoms with E-state index in [1.54, 1.807) is 0 Å². The van der Waals surface area contributed by atoms with Crippen LogP contribution in [-0.2, 0) is 14.2 Å². The van der Waals surface area contributed by atoms with Crippen molar-refractivity contribution in [2.45, 2.75) is 562 Å². The van der Waals surface area contributed by atoms with Crippen LogP contribution >= 0.6 is 11.8 Å². The van der Waals surface area contributed by atoms with E-state index in [0.717, 1.165) is 11.7 Å². The molecule has 0 spiro atoms. The molecule has 7 saturated heterocycles. The number of piperidine rings is 3. The highest BCUT2D eigenvalue weighted by Crippen LogP contribution is 2.72. The summed E-state index contributed by atoms with van der Waals surface area (Å²) in [7, 11) is 8.68. The quantitative estimate of drug-likeness (QED) is 0.222. The number of thioether (sulfide) groups is 1. The van der Waals surface area contributed by atoms with Crippen molar-refractivity contribution in [3.63, 3.8) is 0 Å². The molecule has 0 radical (unpaired) electrons. The Hall–Kier alpha value is -1.90. The van der Waals surface area contributed by atoms with Crippen molar-refractivity contribution >= 4 is 40.6 Å². The predicted octanol–water partition coefficient (Wildman–Crippen LogP) is 29.4. The molecule has 0 saturated carbocycles. The maximum atomic E-state index is 5.73.